The summed E-state index contributed by atoms with van der Waals surface area (Å²) < 4.78 is 0. The third-order valence-electron chi connectivity index (χ3n) is 8.29. The van der Waals surface area contributed by atoms with Gasteiger partial charge in [-0.2, -0.15) is 10.2 Å². The summed E-state index contributed by atoms with van der Waals surface area (Å²) in [7, 11) is 0. The molecule has 0 aromatic heterocycles. The first kappa shape index (κ1) is 27.9. The van der Waals surface area contributed by atoms with Crippen LogP contribution in [0, 0.1) is 16.0 Å². The first-order valence-electron chi connectivity index (χ1n) is 14.8. The van der Waals surface area contributed by atoms with E-state index >= 15 is 0 Å². The monoisotopic (exact) mass is 597 g/mol. The summed E-state index contributed by atoms with van der Waals surface area (Å²) in [5.41, 5.74) is 8.47. The van der Waals surface area contributed by atoms with Gasteiger partial charge < -0.3 is 0 Å². The third-order valence-corrected chi connectivity index (χ3v) is 9.65. The second kappa shape index (κ2) is 11.3. The molecule has 1 spiro atoms. The Morgan fingerprint density at radius 3 is 1.98 bits per heavy atom. The molecule has 7 rings (SSSR count). The van der Waals surface area contributed by atoms with Crippen LogP contribution in [0.1, 0.15) is 43.4 Å². The Kier molecular flexibility index (Phi) is 7.14. The van der Waals surface area contributed by atoms with Crippen molar-refractivity contribution in [1.82, 2.24) is 0 Å². The number of anilines is 2. The van der Waals surface area contributed by atoms with Crippen molar-refractivity contribution in [2.45, 2.75) is 31.7 Å². The van der Waals surface area contributed by atoms with Gasteiger partial charge in [-0.25, -0.2) is 10.0 Å². The van der Waals surface area contributed by atoms with Crippen LogP contribution in [0.15, 0.2) is 143 Å². The lowest BCUT2D eigenvalue weighted by molar-refractivity contribution is -0.384. The number of allylic oxidation sites excluding steroid dienone is 4. The van der Waals surface area contributed by atoms with Crippen LogP contribution >= 0.6 is 11.8 Å². The number of hydrazone groups is 2. The third kappa shape index (κ3) is 4.72. The first-order valence-corrected chi connectivity index (χ1v) is 15.6. The standard InChI is InChI=1S/C36H31N5O2S/c1-25(2)26-17-19-27(20-18-26)34-32-15-9-10-16-33(32)36(39(37-34)29-11-5-3-6-12-29)40(30-13-7-4-8-14-30)38-35(44-36)28-21-23-31(24-22-28)41(42)43/h3-17,19,21-25H,18,20H2,1-2H3/t36-/m1/s1. The summed E-state index contributed by atoms with van der Waals surface area (Å²) in [6.45, 7) is 4.49. The number of benzene rings is 4. The van der Waals surface area contributed by atoms with Crippen molar-refractivity contribution in [3.8, 4) is 0 Å². The summed E-state index contributed by atoms with van der Waals surface area (Å²) in [5, 5.41) is 27.0. The van der Waals surface area contributed by atoms with E-state index < -0.39 is 4.99 Å². The van der Waals surface area contributed by atoms with Gasteiger partial charge >= 0.3 is 0 Å². The van der Waals surface area contributed by atoms with E-state index in [-0.39, 0.29) is 10.6 Å². The van der Waals surface area contributed by atoms with Gasteiger partial charge in [0.05, 0.1) is 22.0 Å². The van der Waals surface area contributed by atoms with E-state index in [2.05, 4.69) is 79.5 Å². The fourth-order valence-electron chi connectivity index (χ4n) is 5.98. The molecular weight excluding hydrogens is 566 g/mol. The molecule has 0 saturated carbocycles. The van der Waals surface area contributed by atoms with Crippen molar-refractivity contribution in [1.29, 1.82) is 0 Å². The lowest BCUT2D eigenvalue weighted by Gasteiger charge is -2.47. The zero-order chi connectivity index (χ0) is 30.3. The molecule has 2 aliphatic heterocycles. The molecular formula is C36H31N5O2S. The van der Waals surface area contributed by atoms with Crippen LogP contribution in [0.2, 0.25) is 0 Å². The number of fused-ring (bicyclic) bond motifs is 2. The molecule has 1 aliphatic carbocycles. The molecule has 7 nitrogen and oxygen atoms in total. The fraction of sp³-hybridized carbons (Fsp3) is 0.167. The van der Waals surface area contributed by atoms with Crippen molar-refractivity contribution >= 4 is 39.6 Å². The maximum Gasteiger partial charge on any atom is 0.269 e. The Hall–Kier alpha value is -4.95. The van der Waals surface area contributed by atoms with Gasteiger partial charge in [-0.05, 0) is 72.5 Å². The topological polar surface area (TPSA) is 74.3 Å². The van der Waals surface area contributed by atoms with E-state index in [1.54, 1.807) is 23.9 Å². The molecule has 0 unspecified atom stereocenters. The summed E-state index contributed by atoms with van der Waals surface area (Å²) in [6, 6.07) is 35.4. The molecule has 1 atom stereocenters. The number of hydrogen-bond donors (Lipinski definition) is 0. The normalized spacial score (nSPS) is 19.3. The molecule has 0 fully saturated rings. The summed E-state index contributed by atoms with van der Waals surface area (Å²) in [5.74, 6) is 0.516. The van der Waals surface area contributed by atoms with Crippen molar-refractivity contribution in [3.63, 3.8) is 0 Å². The molecule has 44 heavy (non-hydrogen) atoms. The van der Waals surface area contributed by atoms with Crippen LogP contribution < -0.4 is 10.0 Å². The molecule has 0 bridgehead atoms. The Morgan fingerprint density at radius 1 is 0.773 bits per heavy atom. The highest BCUT2D eigenvalue weighted by molar-refractivity contribution is 8.15. The van der Waals surface area contributed by atoms with E-state index in [0.29, 0.717) is 5.92 Å². The summed E-state index contributed by atoms with van der Waals surface area (Å²) in [4.78, 5) is 10.1. The van der Waals surface area contributed by atoms with Gasteiger partial charge in [-0.15, -0.1) is 0 Å². The van der Waals surface area contributed by atoms with Crippen LogP contribution in [-0.4, -0.2) is 15.7 Å². The van der Waals surface area contributed by atoms with E-state index in [9.17, 15) is 10.1 Å². The molecule has 4 aromatic carbocycles. The molecule has 0 radical (unpaired) electrons. The highest BCUT2D eigenvalue weighted by Crippen LogP contribution is 2.56. The molecule has 0 saturated heterocycles. The number of hydrogen-bond acceptors (Lipinski definition) is 7. The lowest BCUT2D eigenvalue weighted by atomic mass is 9.85. The van der Waals surface area contributed by atoms with Gasteiger partial charge in [0.1, 0.15) is 5.04 Å². The predicted molar refractivity (Wildman–Crippen MR) is 180 cm³/mol. The van der Waals surface area contributed by atoms with E-state index in [0.717, 1.165) is 51.7 Å². The fourth-order valence-corrected chi connectivity index (χ4v) is 7.38. The molecule has 0 N–H and O–H groups in total. The van der Waals surface area contributed by atoms with Gasteiger partial charge in [0, 0.05) is 28.8 Å². The number of thioether (sulfide) groups is 1. The zero-order valence-electron chi connectivity index (χ0n) is 24.5. The Labute approximate surface area is 261 Å². The van der Waals surface area contributed by atoms with Gasteiger partial charge in [-0.3, -0.25) is 10.1 Å². The first-order chi connectivity index (χ1) is 21.5. The van der Waals surface area contributed by atoms with Crippen LogP contribution in [0.5, 0.6) is 0 Å². The SMILES string of the molecule is CC(C)C1=CC=C(C2=NN(c3ccccc3)[C@]3(SC(c4ccc([N+](=O)[O-])cc4)=NN3c3ccccc3)c3ccccc32)CC1. The van der Waals surface area contributed by atoms with Gasteiger partial charge in [0.25, 0.3) is 5.69 Å². The van der Waals surface area contributed by atoms with Crippen molar-refractivity contribution in [3.05, 3.63) is 159 Å². The van der Waals surface area contributed by atoms with Gasteiger partial charge in [0.2, 0.25) is 4.99 Å². The molecule has 218 valence electrons. The number of para-hydroxylation sites is 2. The number of non-ortho nitro benzene ring substituents is 1. The lowest BCUT2D eigenvalue weighted by Crippen LogP contribution is -2.54. The van der Waals surface area contributed by atoms with Gasteiger partial charge in [0.15, 0.2) is 0 Å². The minimum atomic E-state index is -0.909. The second-order valence-corrected chi connectivity index (χ2v) is 12.5. The Bertz CT molecular complexity index is 1850. The minimum Gasteiger partial charge on any atom is -0.258 e. The van der Waals surface area contributed by atoms with E-state index in [1.807, 2.05) is 41.4 Å². The number of nitro groups is 1. The highest BCUT2D eigenvalue weighted by atomic mass is 32.2. The molecule has 0 amide bonds. The van der Waals surface area contributed by atoms with E-state index in [4.69, 9.17) is 10.2 Å². The molecule has 8 heteroatoms. The molecule has 4 aromatic rings. The number of nitrogens with zero attached hydrogens (tertiary/aromatic N) is 5. The quantitative estimate of drug-likeness (QED) is 0.164. The van der Waals surface area contributed by atoms with Crippen LogP contribution in [0.3, 0.4) is 0 Å². The highest BCUT2D eigenvalue weighted by Gasteiger charge is 2.55. The minimum absolute atomic E-state index is 0.0468. The summed E-state index contributed by atoms with van der Waals surface area (Å²) >= 11 is 1.60. The predicted octanol–water partition coefficient (Wildman–Crippen LogP) is 8.85. The maximum absolute atomic E-state index is 11.4. The van der Waals surface area contributed by atoms with Crippen molar-refractivity contribution in [2.75, 3.05) is 10.0 Å². The smallest absolute Gasteiger partial charge is 0.258 e. The average Bonchev–Trinajstić information content (AvgIpc) is 3.47. The van der Waals surface area contributed by atoms with Crippen LogP contribution in [0.4, 0.5) is 17.1 Å². The Balaban J connectivity index is 1.45. The Morgan fingerprint density at radius 2 is 1.39 bits per heavy atom. The number of nitro benzene ring substituents is 1. The summed E-state index contributed by atoms with van der Waals surface area (Å²) in [6.07, 6.45) is 6.44. The van der Waals surface area contributed by atoms with Crippen LogP contribution in [0.25, 0.3) is 0 Å². The van der Waals surface area contributed by atoms with E-state index in [1.165, 1.54) is 23.3 Å². The molecule has 2 heterocycles. The van der Waals surface area contributed by atoms with Gasteiger partial charge in [-0.1, -0.05) is 92.2 Å². The maximum atomic E-state index is 11.4. The number of rotatable bonds is 6. The molecule has 3 aliphatic rings. The van der Waals surface area contributed by atoms with Crippen LogP contribution in [-0.2, 0) is 4.99 Å². The largest absolute Gasteiger partial charge is 0.269 e. The van der Waals surface area contributed by atoms with Crippen molar-refractivity contribution in [2.24, 2.45) is 16.1 Å². The zero-order valence-corrected chi connectivity index (χ0v) is 25.3. The second-order valence-electron chi connectivity index (χ2n) is 11.3. The van der Waals surface area contributed by atoms with Crippen molar-refractivity contribution < 1.29 is 4.92 Å². The average molecular weight is 598 g/mol.